The summed E-state index contributed by atoms with van der Waals surface area (Å²) in [5.41, 5.74) is 3.50. The highest BCUT2D eigenvalue weighted by molar-refractivity contribution is 5.80. The molecule has 0 aliphatic carbocycles. The molecular weight excluding hydrogens is 266 g/mol. The Bertz CT molecular complexity index is 551. The zero-order valence-electron chi connectivity index (χ0n) is 13.3. The fourth-order valence-electron chi connectivity index (χ4n) is 3.41. The highest BCUT2D eigenvalue weighted by Gasteiger charge is 2.41. The van der Waals surface area contributed by atoms with Crippen LogP contribution in [0.2, 0.25) is 0 Å². The first-order valence-electron chi connectivity index (χ1n) is 7.70. The number of aliphatic imine (C=N–C) groups is 1. The zero-order chi connectivity index (χ0) is 15.0. The monoisotopic (exact) mass is 291 g/mol. The van der Waals surface area contributed by atoms with E-state index in [4.69, 9.17) is 4.74 Å². The lowest BCUT2D eigenvalue weighted by atomic mass is 9.96. The van der Waals surface area contributed by atoms with E-state index >= 15 is 0 Å². The summed E-state index contributed by atoms with van der Waals surface area (Å²) in [4.78, 5) is 4.33. The molecule has 2 fully saturated rings. The van der Waals surface area contributed by atoms with Crippen LogP contribution in [-0.2, 0) is 18.3 Å². The van der Waals surface area contributed by atoms with E-state index in [9.17, 15) is 0 Å². The SMILES string of the molecule is CN=C(NCc1c(C)nn(C)c1C)NC1CC2CCC1O2. The van der Waals surface area contributed by atoms with Crippen molar-refractivity contribution in [3.05, 3.63) is 17.0 Å². The molecule has 2 bridgehead atoms. The predicted molar refractivity (Wildman–Crippen MR) is 82.3 cm³/mol. The molecule has 6 heteroatoms. The molecular formula is C15H25N5O. The Morgan fingerprint density at radius 3 is 2.76 bits per heavy atom. The number of hydrogen-bond donors (Lipinski definition) is 2. The summed E-state index contributed by atoms with van der Waals surface area (Å²) < 4.78 is 7.80. The molecule has 0 saturated carbocycles. The normalized spacial score (nSPS) is 28.2. The van der Waals surface area contributed by atoms with Crippen molar-refractivity contribution in [2.45, 2.75) is 57.9 Å². The summed E-state index contributed by atoms with van der Waals surface area (Å²) in [7, 11) is 3.79. The average molecular weight is 291 g/mol. The maximum absolute atomic E-state index is 5.88. The van der Waals surface area contributed by atoms with E-state index < -0.39 is 0 Å². The fraction of sp³-hybridized carbons (Fsp3) is 0.733. The minimum absolute atomic E-state index is 0.357. The number of aryl methyl sites for hydroxylation is 2. The van der Waals surface area contributed by atoms with Gasteiger partial charge in [0.15, 0.2) is 5.96 Å². The quantitative estimate of drug-likeness (QED) is 0.645. The Morgan fingerprint density at radius 2 is 2.24 bits per heavy atom. The minimum atomic E-state index is 0.357. The van der Waals surface area contributed by atoms with Gasteiger partial charge in [-0.25, -0.2) is 0 Å². The summed E-state index contributed by atoms with van der Waals surface area (Å²) in [5, 5.41) is 11.3. The Morgan fingerprint density at radius 1 is 1.43 bits per heavy atom. The molecule has 1 aromatic rings. The van der Waals surface area contributed by atoms with E-state index in [1.807, 2.05) is 25.7 Å². The molecule has 3 heterocycles. The molecule has 2 N–H and O–H groups in total. The van der Waals surface area contributed by atoms with Gasteiger partial charge in [0, 0.05) is 31.9 Å². The number of guanidine groups is 1. The van der Waals surface area contributed by atoms with Crippen LogP contribution in [0.1, 0.15) is 36.2 Å². The minimum Gasteiger partial charge on any atom is -0.373 e. The highest BCUT2D eigenvalue weighted by Crippen LogP contribution is 2.34. The fourth-order valence-corrected chi connectivity index (χ4v) is 3.41. The number of aromatic nitrogens is 2. The van der Waals surface area contributed by atoms with E-state index in [-0.39, 0.29) is 0 Å². The highest BCUT2D eigenvalue weighted by atomic mass is 16.5. The van der Waals surface area contributed by atoms with Crippen LogP contribution in [0.3, 0.4) is 0 Å². The number of nitrogens with zero attached hydrogens (tertiary/aromatic N) is 3. The van der Waals surface area contributed by atoms with Crippen molar-refractivity contribution >= 4 is 5.96 Å². The first-order chi connectivity index (χ1) is 10.1. The van der Waals surface area contributed by atoms with Crippen LogP contribution in [0.15, 0.2) is 4.99 Å². The standard InChI is InChI=1S/C15H25N5O/c1-9-12(10(2)20(4)19-9)8-17-15(16-3)18-13-7-11-5-6-14(13)21-11/h11,13-14H,5-8H2,1-4H3,(H2,16,17,18). The first kappa shape index (κ1) is 14.4. The van der Waals surface area contributed by atoms with Gasteiger partial charge in [-0.05, 0) is 33.1 Å². The largest absolute Gasteiger partial charge is 0.373 e. The predicted octanol–water partition coefficient (Wildman–Crippen LogP) is 1.02. The lowest BCUT2D eigenvalue weighted by Crippen LogP contribution is -2.47. The summed E-state index contributed by atoms with van der Waals surface area (Å²) in [6, 6.07) is 0.394. The average Bonchev–Trinajstić information content (AvgIpc) is 3.13. The van der Waals surface area contributed by atoms with Crippen molar-refractivity contribution in [2.75, 3.05) is 7.05 Å². The Balaban J connectivity index is 1.58. The molecule has 116 valence electrons. The van der Waals surface area contributed by atoms with Crippen LogP contribution < -0.4 is 10.6 Å². The van der Waals surface area contributed by atoms with Crippen molar-refractivity contribution in [1.82, 2.24) is 20.4 Å². The van der Waals surface area contributed by atoms with Crippen molar-refractivity contribution in [3.8, 4) is 0 Å². The van der Waals surface area contributed by atoms with Crippen molar-refractivity contribution in [1.29, 1.82) is 0 Å². The molecule has 1 aromatic heterocycles. The van der Waals surface area contributed by atoms with E-state index in [1.54, 1.807) is 0 Å². The van der Waals surface area contributed by atoms with Gasteiger partial charge in [0.05, 0.1) is 23.9 Å². The van der Waals surface area contributed by atoms with Gasteiger partial charge in [-0.3, -0.25) is 9.67 Å². The second-order valence-electron chi connectivity index (χ2n) is 6.06. The van der Waals surface area contributed by atoms with Crippen LogP contribution in [-0.4, -0.2) is 41.0 Å². The van der Waals surface area contributed by atoms with Crippen LogP contribution in [0.25, 0.3) is 0 Å². The summed E-state index contributed by atoms with van der Waals surface area (Å²) in [6.07, 6.45) is 4.28. The second kappa shape index (κ2) is 5.67. The third kappa shape index (κ3) is 2.77. The maximum atomic E-state index is 5.88. The number of nitrogens with one attached hydrogen (secondary N) is 2. The molecule has 21 heavy (non-hydrogen) atoms. The van der Waals surface area contributed by atoms with Gasteiger partial charge in [-0.1, -0.05) is 0 Å². The van der Waals surface area contributed by atoms with Gasteiger partial charge in [-0.15, -0.1) is 0 Å². The Kier molecular flexibility index (Phi) is 3.89. The van der Waals surface area contributed by atoms with Crippen molar-refractivity contribution in [3.63, 3.8) is 0 Å². The number of rotatable bonds is 3. The summed E-state index contributed by atoms with van der Waals surface area (Å²) in [6.45, 7) is 4.88. The van der Waals surface area contributed by atoms with Gasteiger partial charge in [0.25, 0.3) is 0 Å². The molecule has 0 amide bonds. The lowest BCUT2D eigenvalue weighted by Gasteiger charge is -2.22. The molecule has 3 atom stereocenters. The van der Waals surface area contributed by atoms with Crippen LogP contribution in [0, 0.1) is 13.8 Å². The molecule has 6 nitrogen and oxygen atoms in total. The molecule has 2 saturated heterocycles. The van der Waals surface area contributed by atoms with E-state index in [0.717, 1.165) is 24.6 Å². The molecule has 2 aliphatic rings. The van der Waals surface area contributed by atoms with Gasteiger partial charge in [0.2, 0.25) is 0 Å². The molecule has 0 spiro atoms. The topological polar surface area (TPSA) is 63.5 Å². The lowest BCUT2D eigenvalue weighted by molar-refractivity contribution is 0.0992. The Hall–Kier alpha value is -1.56. The number of hydrogen-bond acceptors (Lipinski definition) is 3. The van der Waals surface area contributed by atoms with Gasteiger partial charge in [-0.2, -0.15) is 5.10 Å². The first-order valence-corrected chi connectivity index (χ1v) is 7.70. The van der Waals surface area contributed by atoms with E-state index in [2.05, 4.69) is 27.6 Å². The molecule has 3 unspecified atom stereocenters. The van der Waals surface area contributed by atoms with E-state index in [1.165, 1.54) is 24.1 Å². The van der Waals surface area contributed by atoms with Gasteiger partial charge >= 0.3 is 0 Å². The molecule has 3 rings (SSSR count). The molecule has 0 aromatic carbocycles. The second-order valence-corrected chi connectivity index (χ2v) is 6.06. The molecule has 0 radical (unpaired) electrons. The maximum Gasteiger partial charge on any atom is 0.191 e. The molecule has 2 aliphatic heterocycles. The smallest absolute Gasteiger partial charge is 0.191 e. The number of ether oxygens (including phenoxy) is 1. The third-order valence-corrected chi connectivity index (χ3v) is 4.74. The van der Waals surface area contributed by atoms with Gasteiger partial charge < -0.3 is 15.4 Å². The summed E-state index contributed by atoms with van der Waals surface area (Å²) >= 11 is 0. The van der Waals surface area contributed by atoms with E-state index in [0.29, 0.717) is 18.2 Å². The van der Waals surface area contributed by atoms with Crippen LogP contribution in [0.4, 0.5) is 0 Å². The summed E-state index contributed by atoms with van der Waals surface area (Å²) in [5.74, 6) is 0.846. The number of fused-ring (bicyclic) bond motifs is 2. The third-order valence-electron chi connectivity index (χ3n) is 4.74. The van der Waals surface area contributed by atoms with Crippen molar-refractivity contribution in [2.24, 2.45) is 12.0 Å². The van der Waals surface area contributed by atoms with Gasteiger partial charge in [0.1, 0.15) is 0 Å². The van der Waals surface area contributed by atoms with Crippen molar-refractivity contribution < 1.29 is 4.74 Å². The van der Waals surface area contributed by atoms with Crippen LogP contribution >= 0.6 is 0 Å². The van der Waals surface area contributed by atoms with Crippen LogP contribution in [0.5, 0.6) is 0 Å². The zero-order valence-corrected chi connectivity index (χ0v) is 13.3. The Labute approximate surface area is 126 Å².